The van der Waals surface area contributed by atoms with Crippen molar-refractivity contribution in [2.24, 2.45) is 7.05 Å². The van der Waals surface area contributed by atoms with Gasteiger partial charge in [0.15, 0.2) is 5.69 Å². The summed E-state index contributed by atoms with van der Waals surface area (Å²) in [6, 6.07) is 17.2. The summed E-state index contributed by atoms with van der Waals surface area (Å²) in [5.74, 6) is -1.13. The first kappa shape index (κ1) is 19.6. The van der Waals surface area contributed by atoms with Crippen molar-refractivity contribution in [1.29, 1.82) is 0 Å². The Morgan fingerprint density at radius 2 is 1.57 bits per heavy atom. The predicted molar refractivity (Wildman–Crippen MR) is 115 cm³/mol. The van der Waals surface area contributed by atoms with E-state index in [0.29, 0.717) is 22.2 Å². The molecule has 0 radical (unpaired) electrons. The summed E-state index contributed by atoms with van der Waals surface area (Å²) < 4.78 is 3.53. The maximum atomic E-state index is 12.9. The lowest BCUT2D eigenvalue weighted by molar-refractivity contribution is 0.0839. The third kappa shape index (κ3) is 3.62. The number of hydrogen-bond acceptors (Lipinski definition) is 4. The molecule has 0 atom stereocenters. The van der Waals surface area contributed by atoms with Gasteiger partial charge in [-0.15, -0.1) is 0 Å². The quantitative estimate of drug-likeness (QED) is 0.454. The minimum atomic E-state index is -0.641. The fourth-order valence-corrected chi connectivity index (χ4v) is 3.61. The smallest absolute Gasteiger partial charge is 0.290 e. The molecule has 0 unspecified atom stereocenters. The summed E-state index contributed by atoms with van der Waals surface area (Å²) in [4.78, 5) is 38.1. The summed E-state index contributed by atoms with van der Waals surface area (Å²) in [7, 11) is 1.71. The summed E-state index contributed by atoms with van der Waals surface area (Å²) in [6.45, 7) is 0. The van der Waals surface area contributed by atoms with E-state index in [4.69, 9.17) is 0 Å². The van der Waals surface area contributed by atoms with Crippen LogP contribution in [0.4, 0.5) is 0 Å². The van der Waals surface area contributed by atoms with Crippen molar-refractivity contribution < 1.29 is 9.59 Å². The number of aryl methyl sites for hydroxylation is 1. The standard InChI is InChI=1S/C21H16BrN5O3/c1-26-12-13(22)11-17(26)19(28)23-24-20(29)18-15-9-5-6-10-16(15)21(30)27(25-18)14-7-3-2-4-8-14/h2-12H,1H3,(H,23,28)(H,24,29). The fraction of sp³-hybridized carbons (Fsp3) is 0.0476. The number of nitrogens with one attached hydrogen (secondary N) is 2. The first-order valence-electron chi connectivity index (χ1n) is 8.96. The third-order valence-corrected chi connectivity index (χ3v) is 4.95. The van der Waals surface area contributed by atoms with Crippen LogP contribution in [-0.2, 0) is 7.05 Å². The first-order valence-corrected chi connectivity index (χ1v) is 9.75. The van der Waals surface area contributed by atoms with E-state index < -0.39 is 11.8 Å². The Balaban J connectivity index is 1.70. The Bertz CT molecular complexity index is 1330. The van der Waals surface area contributed by atoms with Gasteiger partial charge in [0.05, 0.1) is 11.1 Å². The summed E-state index contributed by atoms with van der Waals surface area (Å²) >= 11 is 3.30. The Hall–Kier alpha value is -3.72. The van der Waals surface area contributed by atoms with Gasteiger partial charge in [-0.2, -0.15) is 9.78 Å². The monoisotopic (exact) mass is 465 g/mol. The number of amides is 2. The summed E-state index contributed by atoms with van der Waals surface area (Å²) in [5.41, 5.74) is 5.32. The highest BCUT2D eigenvalue weighted by Gasteiger charge is 2.19. The van der Waals surface area contributed by atoms with Gasteiger partial charge in [-0.3, -0.25) is 25.2 Å². The SMILES string of the molecule is Cn1cc(Br)cc1C(=O)NNC(=O)c1nn(-c2ccccc2)c(=O)c2ccccc12. The number of rotatable bonds is 3. The van der Waals surface area contributed by atoms with Crippen LogP contribution in [-0.4, -0.2) is 26.2 Å². The van der Waals surface area contributed by atoms with Crippen molar-refractivity contribution >= 4 is 38.5 Å². The molecule has 2 N–H and O–H groups in total. The van der Waals surface area contributed by atoms with Gasteiger partial charge in [0, 0.05) is 23.1 Å². The second kappa shape index (κ2) is 7.96. The van der Waals surface area contributed by atoms with E-state index >= 15 is 0 Å². The molecule has 4 rings (SSSR count). The van der Waals surface area contributed by atoms with Crippen molar-refractivity contribution in [2.45, 2.75) is 0 Å². The van der Waals surface area contributed by atoms with Gasteiger partial charge in [0.2, 0.25) is 0 Å². The Morgan fingerprint density at radius 3 is 2.23 bits per heavy atom. The normalized spacial score (nSPS) is 10.7. The lowest BCUT2D eigenvalue weighted by Crippen LogP contribution is -2.43. The van der Waals surface area contributed by atoms with Crippen LogP contribution in [0, 0.1) is 0 Å². The molecule has 0 saturated carbocycles. The molecule has 30 heavy (non-hydrogen) atoms. The molecule has 150 valence electrons. The molecule has 0 aliphatic heterocycles. The van der Waals surface area contributed by atoms with Crippen LogP contribution in [0.1, 0.15) is 21.0 Å². The number of halogens is 1. The number of hydrogen-bond donors (Lipinski definition) is 2. The highest BCUT2D eigenvalue weighted by atomic mass is 79.9. The van der Waals surface area contributed by atoms with Crippen LogP contribution in [0.15, 0.2) is 76.1 Å². The highest BCUT2D eigenvalue weighted by molar-refractivity contribution is 9.10. The molecule has 0 fully saturated rings. The van der Waals surface area contributed by atoms with E-state index in [9.17, 15) is 14.4 Å². The largest absolute Gasteiger partial charge is 0.345 e. The summed E-state index contributed by atoms with van der Waals surface area (Å²) in [5, 5.41) is 5.01. The molecule has 2 heterocycles. The lowest BCUT2D eigenvalue weighted by Gasteiger charge is -2.12. The number of aromatic nitrogens is 3. The van der Waals surface area contributed by atoms with Gasteiger partial charge in [0.25, 0.3) is 17.4 Å². The second-order valence-electron chi connectivity index (χ2n) is 6.51. The van der Waals surface area contributed by atoms with Gasteiger partial charge < -0.3 is 4.57 Å². The van der Waals surface area contributed by atoms with Crippen LogP contribution < -0.4 is 16.4 Å². The molecule has 0 spiro atoms. The minimum Gasteiger partial charge on any atom is -0.345 e. The molecule has 9 heteroatoms. The number of hydrazine groups is 1. The summed E-state index contributed by atoms with van der Waals surface area (Å²) in [6.07, 6.45) is 1.72. The molecular weight excluding hydrogens is 450 g/mol. The van der Waals surface area contributed by atoms with Crippen LogP contribution in [0.3, 0.4) is 0 Å². The number of fused-ring (bicyclic) bond motifs is 1. The topological polar surface area (TPSA) is 98.0 Å². The number of carbonyl (C=O) groups is 2. The molecule has 8 nitrogen and oxygen atoms in total. The van der Waals surface area contributed by atoms with Crippen molar-refractivity contribution in [3.63, 3.8) is 0 Å². The molecule has 0 aliphatic rings. The van der Waals surface area contributed by atoms with Crippen molar-refractivity contribution in [3.05, 3.63) is 93.1 Å². The van der Waals surface area contributed by atoms with Crippen LogP contribution >= 0.6 is 15.9 Å². The number of carbonyl (C=O) groups excluding carboxylic acids is 2. The van der Waals surface area contributed by atoms with Crippen molar-refractivity contribution in [1.82, 2.24) is 25.2 Å². The average Bonchev–Trinajstić information content (AvgIpc) is 3.11. The van der Waals surface area contributed by atoms with Gasteiger partial charge in [-0.05, 0) is 40.2 Å². The van der Waals surface area contributed by atoms with E-state index in [2.05, 4.69) is 31.9 Å². The Morgan fingerprint density at radius 1 is 0.933 bits per heavy atom. The molecule has 2 amide bonds. The maximum absolute atomic E-state index is 12.9. The molecule has 0 saturated heterocycles. The van der Waals surface area contributed by atoms with E-state index in [1.165, 1.54) is 4.68 Å². The number of benzene rings is 2. The third-order valence-electron chi connectivity index (χ3n) is 4.51. The zero-order valence-corrected chi connectivity index (χ0v) is 17.4. The van der Waals surface area contributed by atoms with Crippen LogP contribution in [0.2, 0.25) is 0 Å². The van der Waals surface area contributed by atoms with Crippen molar-refractivity contribution in [2.75, 3.05) is 0 Å². The first-order chi connectivity index (χ1) is 14.5. The Labute approximate surface area is 179 Å². The molecule has 2 aromatic heterocycles. The van der Waals surface area contributed by atoms with Crippen LogP contribution in [0.25, 0.3) is 16.5 Å². The van der Waals surface area contributed by atoms with Gasteiger partial charge in [0.1, 0.15) is 5.69 Å². The highest BCUT2D eigenvalue weighted by Crippen LogP contribution is 2.16. The number of nitrogens with zero attached hydrogens (tertiary/aromatic N) is 3. The lowest BCUT2D eigenvalue weighted by atomic mass is 10.1. The second-order valence-corrected chi connectivity index (χ2v) is 7.43. The molecule has 4 aromatic rings. The van der Waals surface area contributed by atoms with Gasteiger partial charge in [-0.25, -0.2) is 0 Å². The Kier molecular flexibility index (Phi) is 5.20. The van der Waals surface area contributed by atoms with E-state index in [1.54, 1.807) is 72.4 Å². The molecule has 2 aromatic carbocycles. The molecule has 0 aliphatic carbocycles. The van der Waals surface area contributed by atoms with Gasteiger partial charge >= 0.3 is 0 Å². The van der Waals surface area contributed by atoms with Gasteiger partial charge in [-0.1, -0.05) is 36.4 Å². The molecular formula is C21H16BrN5O3. The predicted octanol–water partition coefficient (Wildman–Crippen LogP) is 2.56. The number of para-hydroxylation sites is 1. The van der Waals surface area contributed by atoms with E-state index in [0.717, 1.165) is 4.47 Å². The van der Waals surface area contributed by atoms with Crippen molar-refractivity contribution in [3.8, 4) is 5.69 Å². The van der Waals surface area contributed by atoms with E-state index in [1.807, 2.05) is 6.07 Å². The van der Waals surface area contributed by atoms with Crippen LogP contribution in [0.5, 0.6) is 0 Å². The zero-order valence-electron chi connectivity index (χ0n) is 15.8. The fourth-order valence-electron chi connectivity index (χ4n) is 3.09. The molecule has 0 bridgehead atoms. The van der Waals surface area contributed by atoms with E-state index in [-0.39, 0.29) is 11.3 Å². The maximum Gasteiger partial charge on any atom is 0.290 e. The minimum absolute atomic E-state index is 0.0161. The average molecular weight is 466 g/mol. The zero-order chi connectivity index (χ0) is 21.3.